The van der Waals surface area contributed by atoms with E-state index in [4.69, 9.17) is 5.73 Å². The largest absolute Gasteiger partial charge is 0.326 e. The minimum atomic E-state index is 0.157. The van der Waals surface area contributed by atoms with Crippen LogP contribution in [0, 0.1) is 6.92 Å². The summed E-state index contributed by atoms with van der Waals surface area (Å²) in [7, 11) is 0. The maximum atomic E-state index is 6.24. The molecule has 1 aromatic rings. The molecule has 0 saturated heterocycles. The summed E-state index contributed by atoms with van der Waals surface area (Å²) in [6, 6.07) is 9.25. The van der Waals surface area contributed by atoms with Gasteiger partial charge < -0.3 is 5.73 Å². The molecule has 0 aliphatic carbocycles. The third-order valence-corrected chi connectivity index (χ3v) is 3.30. The van der Waals surface area contributed by atoms with Crippen molar-refractivity contribution in [2.75, 3.05) is 13.1 Å². The van der Waals surface area contributed by atoms with Crippen molar-refractivity contribution in [3.05, 3.63) is 35.4 Å². The molecule has 2 unspecified atom stereocenters. The Kier molecular flexibility index (Phi) is 6.37. The topological polar surface area (TPSA) is 29.3 Å². The van der Waals surface area contributed by atoms with E-state index in [-0.39, 0.29) is 6.04 Å². The van der Waals surface area contributed by atoms with E-state index in [9.17, 15) is 0 Å². The van der Waals surface area contributed by atoms with Gasteiger partial charge in [-0.25, -0.2) is 0 Å². The van der Waals surface area contributed by atoms with E-state index >= 15 is 0 Å². The van der Waals surface area contributed by atoms with Crippen molar-refractivity contribution in [3.8, 4) is 0 Å². The van der Waals surface area contributed by atoms with E-state index in [2.05, 4.69) is 56.9 Å². The van der Waals surface area contributed by atoms with Crippen LogP contribution < -0.4 is 5.73 Å². The minimum Gasteiger partial charge on any atom is -0.326 e. The molecule has 1 rings (SSSR count). The van der Waals surface area contributed by atoms with Gasteiger partial charge in [-0.15, -0.1) is 0 Å². The zero-order valence-electron chi connectivity index (χ0n) is 12.3. The molecule has 0 spiro atoms. The SMILES string of the molecule is CCCN(CCC)C(c1cccc(C)c1)C(C)N. The number of benzene rings is 1. The molecular formula is C16H28N2. The fraction of sp³-hybridized carbons (Fsp3) is 0.625. The highest BCUT2D eigenvalue weighted by atomic mass is 15.2. The van der Waals surface area contributed by atoms with Crippen LogP contribution in [0.3, 0.4) is 0 Å². The van der Waals surface area contributed by atoms with Crippen molar-refractivity contribution < 1.29 is 0 Å². The Hall–Kier alpha value is -0.860. The number of nitrogens with two attached hydrogens (primary N) is 1. The summed E-state index contributed by atoms with van der Waals surface area (Å²) in [5, 5.41) is 0. The van der Waals surface area contributed by atoms with Crippen molar-refractivity contribution in [2.24, 2.45) is 5.73 Å². The third kappa shape index (κ3) is 4.11. The first kappa shape index (κ1) is 15.2. The molecule has 0 aliphatic rings. The van der Waals surface area contributed by atoms with E-state index in [1.54, 1.807) is 0 Å². The van der Waals surface area contributed by atoms with E-state index in [0.717, 1.165) is 13.1 Å². The number of hydrogen-bond acceptors (Lipinski definition) is 2. The van der Waals surface area contributed by atoms with Gasteiger partial charge >= 0.3 is 0 Å². The molecule has 0 aliphatic heterocycles. The predicted octanol–water partition coefficient (Wildman–Crippen LogP) is 3.51. The number of aryl methyl sites for hydroxylation is 1. The molecule has 18 heavy (non-hydrogen) atoms. The minimum absolute atomic E-state index is 0.157. The van der Waals surface area contributed by atoms with Gasteiger partial charge in [-0.2, -0.15) is 0 Å². The Morgan fingerprint density at radius 2 is 1.78 bits per heavy atom. The summed E-state index contributed by atoms with van der Waals surface area (Å²) in [5.74, 6) is 0. The van der Waals surface area contributed by atoms with Gasteiger partial charge in [0.1, 0.15) is 0 Å². The highest BCUT2D eigenvalue weighted by molar-refractivity contribution is 5.26. The predicted molar refractivity (Wildman–Crippen MR) is 79.7 cm³/mol. The second-order valence-electron chi connectivity index (χ2n) is 5.25. The molecule has 1 aromatic carbocycles. The molecular weight excluding hydrogens is 220 g/mol. The monoisotopic (exact) mass is 248 g/mol. The smallest absolute Gasteiger partial charge is 0.0496 e. The second kappa shape index (κ2) is 7.55. The van der Waals surface area contributed by atoms with Crippen LogP contribution in [0.15, 0.2) is 24.3 Å². The standard InChI is InChI=1S/C16H28N2/c1-5-10-18(11-6-2)16(14(4)17)15-9-7-8-13(3)12-15/h7-9,12,14,16H,5-6,10-11,17H2,1-4H3. The van der Waals surface area contributed by atoms with Gasteiger partial charge in [-0.3, -0.25) is 4.90 Å². The van der Waals surface area contributed by atoms with Crippen molar-refractivity contribution in [3.63, 3.8) is 0 Å². The van der Waals surface area contributed by atoms with E-state index < -0.39 is 0 Å². The first-order valence-electron chi connectivity index (χ1n) is 7.16. The van der Waals surface area contributed by atoms with Crippen molar-refractivity contribution in [1.29, 1.82) is 0 Å². The Morgan fingerprint density at radius 3 is 2.22 bits per heavy atom. The fourth-order valence-corrected chi connectivity index (χ4v) is 2.67. The average Bonchev–Trinajstić information content (AvgIpc) is 2.29. The fourth-order valence-electron chi connectivity index (χ4n) is 2.67. The first-order valence-corrected chi connectivity index (χ1v) is 7.16. The third-order valence-electron chi connectivity index (χ3n) is 3.30. The Morgan fingerprint density at radius 1 is 1.17 bits per heavy atom. The van der Waals surface area contributed by atoms with Crippen LogP contribution in [-0.4, -0.2) is 24.0 Å². The van der Waals surface area contributed by atoms with Gasteiger partial charge in [-0.05, 0) is 45.3 Å². The molecule has 0 radical (unpaired) electrons. The highest BCUT2D eigenvalue weighted by Gasteiger charge is 2.22. The summed E-state index contributed by atoms with van der Waals surface area (Å²) < 4.78 is 0. The summed E-state index contributed by atoms with van der Waals surface area (Å²) in [4.78, 5) is 2.53. The van der Waals surface area contributed by atoms with Gasteiger partial charge in [-0.1, -0.05) is 43.7 Å². The van der Waals surface area contributed by atoms with E-state index in [1.165, 1.54) is 24.0 Å². The Labute approximate surface area is 112 Å². The molecule has 0 aromatic heterocycles. The normalized spacial score (nSPS) is 14.8. The lowest BCUT2D eigenvalue weighted by Gasteiger charge is -2.34. The molecule has 2 atom stereocenters. The lowest BCUT2D eigenvalue weighted by Crippen LogP contribution is -2.40. The summed E-state index contributed by atoms with van der Waals surface area (Å²) >= 11 is 0. The Balaban J connectivity index is 2.99. The quantitative estimate of drug-likeness (QED) is 0.800. The van der Waals surface area contributed by atoms with Gasteiger partial charge in [0.05, 0.1) is 0 Å². The molecule has 0 bridgehead atoms. The molecule has 0 heterocycles. The van der Waals surface area contributed by atoms with Crippen LogP contribution in [0.5, 0.6) is 0 Å². The van der Waals surface area contributed by atoms with Gasteiger partial charge in [0.2, 0.25) is 0 Å². The second-order valence-corrected chi connectivity index (χ2v) is 5.25. The molecule has 2 heteroatoms. The van der Waals surface area contributed by atoms with Crippen LogP contribution in [-0.2, 0) is 0 Å². The highest BCUT2D eigenvalue weighted by Crippen LogP contribution is 2.24. The molecule has 2 N–H and O–H groups in total. The summed E-state index contributed by atoms with van der Waals surface area (Å²) in [5.41, 5.74) is 8.90. The maximum Gasteiger partial charge on any atom is 0.0496 e. The molecule has 102 valence electrons. The van der Waals surface area contributed by atoms with E-state index in [1.807, 2.05) is 0 Å². The van der Waals surface area contributed by atoms with Crippen LogP contribution in [0.1, 0.15) is 50.8 Å². The molecule has 0 saturated carbocycles. The lowest BCUT2D eigenvalue weighted by molar-refractivity contribution is 0.176. The number of rotatable bonds is 7. The van der Waals surface area contributed by atoms with Gasteiger partial charge in [0.15, 0.2) is 0 Å². The lowest BCUT2D eigenvalue weighted by atomic mass is 9.97. The zero-order valence-corrected chi connectivity index (χ0v) is 12.3. The van der Waals surface area contributed by atoms with Crippen molar-refractivity contribution >= 4 is 0 Å². The van der Waals surface area contributed by atoms with Crippen LogP contribution in [0.25, 0.3) is 0 Å². The number of nitrogens with zero attached hydrogens (tertiary/aromatic N) is 1. The van der Waals surface area contributed by atoms with Gasteiger partial charge in [0.25, 0.3) is 0 Å². The maximum absolute atomic E-state index is 6.24. The van der Waals surface area contributed by atoms with Crippen molar-refractivity contribution in [2.45, 2.75) is 52.6 Å². The first-order chi connectivity index (χ1) is 8.60. The van der Waals surface area contributed by atoms with E-state index in [0.29, 0.717) is 6.04 Å². The van der Waals surface area contributed by atoms with Crippen molar-refractivity contribution in [1.82, 2.24) is 4.90 Å². The molecule has 0 amide bonds. The zero-order chi connectivity index (χ0) is 13.5. The van der Waals surface area contributed by atoms with Gasteiger partial charge in [0, 0.05) is 12.1 Å². The van der Waals surface area contributed by atoms with Crippen LogP contribution in [0.2, 0.25) is 0 Å². The summed E-state index contributed by atoms with van der Waals surface area (Å²) in [6.45, 7) is 11.0. The van der Waals surface area contributed by atoms with Crippen LogP contribution >= 0.6 is 0 Å². The molecule has 2 nitrogen and oxygen atoms in total. The summed E-state index contributed by atoms with van der Waals surface area (Å²) in [6.07, 6.45) is 2.35. The van der Waals surface area contributed by atoms with Crippen LogP contribution in [0.4, 0.5) is 0 Å². The average molecular weight is 248 g/mol. The molecule has 0 fully saturated rings. The Bertz CT molecular complexity index is 341. The number of hydrogen-bond donors (Lipinski definition) is 1.